The second-order valence-electron chi connectivity index (χ2n) is 5.58. The molecule has 0 saturated heterocycles. The molecule has 132 valence electrons. The average molecular weight is 379 g/mol. The van der Waals surface area contributed by atoms with Gasteiger partial charge in [0.15, 0.2) is 6.54 Å². The number of benzene rings is 2. The zero-order valence-electron chi connectivity index (χ0n) is 13.9. The number of anilines is 1. The Labute approximate surface area is 156 Å². The van der Waals surface area contributed by atoms with Crippen LogP contribution >= 0.6 is 23.4 Å². The van der Waals surface area contributed by atoms with Gasteiger partial charge in [-0.15, -0.1) is 11.8 Å². The first-order valence-corrected chi connectivity index (χ1v) is 9.21. The van der Waals surface area contributed by atoms with Gasteiger partial charge >= 0.3 is 0 Å². The van der Waals surface area contributed by atoms with Crippen molar-refractivity contribution in [2.75, 3.05) is 17.6 Å². The molecule has 7 heteroatoms. The molecule has 0 aliphatic rings. The van der Waals surface area contributed by atoms with Gasteiger partial charge in [0, 0.05) is 15.5 Å². The van der Waals surface area contributed by atoms with Crippen LogP contribution in [0.1, 0.15) is 18.5 Å². The van der Waals surface area contributed by atoms with E-state index >= 15 is 0 Å². The van der Waals surface area contributed by atoms with Crippen molar-refractivity contribution in [3.05, 3.63) is 59.1 Å². The molecule has 2 amide bonds. The number of halogens is 1. The van der Waals surface area contributed by atoms with E-state index in [-0.39, 0.29) is 17.7 Å². The summed E-state index contributed by atoms with van der Waals surface area (Å²) in [6.45, 7) is 2.33. The highest BCUT2D eigenvalue weighted by Gasteiger charge is 2.13. The van der Waals surface area contributed by atoms with Crippen molar-refractivity contribution in [3.8, 4) is 0 Å². The van der Waals surface area contributed by atoms with Crippen molar-refractivity contribution in [2.24, 2.45) is 5.73 Å². The van der Waals surface area contributed by atoms with Crippen LogP contribution in [0.3, 0.4) is 0 Å². The van der Waals surface area contributed by atoms with Crippen molar-refractivity contribution >= 4 is 40.9 Å². The van der Waals surface area contributed by atoms with Gasteiger partial charge < -0.3 is 16.4 Å². The largest absolute Gasteiger partial charge is 0.369 e. The fourth-order valence-electron chi connectivity index (χ4n) is 2.23. The zero-order valence-corrected chi connectivity index (χ0v) is 15.4. The Kier molecular flexibility index (Phi) is 7.31. The summed E-state index contributed by atoms with van der Waals surface area (Å²) in [6.07, 6.45) is 0. The van der Waals surface area contributed by atoms with Crippen LogP contribution in [0.15, 0.2) is 53.4 Å². The van der Waals surface area contributed by atoms with Crippen LogP contribution in [0.2, 0.25) is 5.02 Å². The van der Waals surface area contributed by atoms with Crippen molar-refractivity contribution in [3.63, 3.8) is 0 Å². The maximum absolute atomic E-state index is 12.2. The molecule has 2 rings (SSSR count). The topological polar surface area (TPSA) is 88.8 Å². The van der Waals surface area contributed by atoms with Crippen LogP contribution in [-0.2, 0) is 9.59 Å². The standard InChI is InChI=1S/C18H20ClN3O2S/c1-12(13-6-8-14(19)9-7-13)21-10-18(24)22-15-4-2-3-5-16(15)25-11-17(20)23/h2-9,12,21H,10-11H2,1H3,(H2,20,23)(H,22,24)/p+1/t12-/m1/s1. The summed E-state index contributed by atoms with van der Waals surface area (Å²) in [7, 11) is 0. The second-order valence-corrected chi connectivity index (χ2v) is 7.03. The lowest BCUT2D eigenvalue weighted by Crippen LogP contribution is -2.86. The molecule has 25 heavy (non-hydrogen) atoms. The third-order valence-corrected chi connectivity index (χ3v) is 4.93. The highest BCUT2D eigenvalue weighted by molar-refractivity contribution is 8.00. The number of nitrogens with one attached hydrogen (secondary N) is 1. The lowest BCUT2D eigenvalue weighted by atomic mass is 10.1. The first-order chi connectivity index (χ1) is 12.0. The average Bonchev–Trinajstić information content (AvgIpc) is 2.59. The van der Waals surface area contributed by atoms with E-state index in [1.165, 1.54) is 11.8 Å². The highest BCUT2D eigenvalue weighted by Crippen LogP contribution is 2.26. The molecule has 0 bridgehead atoms. The Morgan fingerprint density at radius 2 is 1.88 bits per heavy atom. The van der Waals surface area contributed by atoms with Crippen LogP contribution in [0.25, 0.3) is 0 Å². The molecule has 2 aromatic carbocycles. The van der Waals surface area contributed by atoms with Crippen LogP contribution in [-0.4, -0.2) is 24.1 Å². The second kappa shape index (κ2) is 9.46. The molecule has 2 aromatic rings. The van der Waals surface area contributed by atoms with Gasteiger partial charge in [-0.25, -0.2) is 0 Å². The summed E-state index contributed by atoms with van der Waals surface area (Å²) in [5.74, 6) is -0.323. The van der Waals surface area contributed by atoms with E-state index in [9.17, 15) is 9.59 Å². The Bertz CT molecular complexity index is 737. The van der Waals surface area contributed by atoms with E-state index in [0.29, 0.717) is 17.3 Å². The SMILES string of the molecule is C[C@@H]([NH2+]CC(=O)Nc1ccccc1SCC(N)=O)c1ccc(Cl)cc1. The summed E-state index contributed by atoms with van der Waals surface area (Å²) in [4.78, 5) is 24.0. The summed E-state index contributed by atoms with van der Waals surface area (Å²) in [5.41, 5.74) is 6.97. The van der Waals surface area contributed by atoms with Crippen molar-refractivity contribution in [2.45, 2.75) is 17.9 Å². The summed E-state index contributed by atoms with van der Waals surface area (Å²) < 4.78 is 0. The van der Waals surface area contributed by atoms with Crippen LogP contribution in [0.4, 0.5) is 5.69 Å². The normalized spacial score (nSPS) is 11.8. The molecule has 5 nitrogen and oxygen atoms in total. The predicted octanol–water partition coefficient (Wildman–Crippen LogP) is 2.18. The number of para-hydroxylation sites is 1. The zero-order chi connectivity index (χ0) is 18.2. The first-order valence-electron chi connectivity index (χ1n) is 7.84. The van der Waals surface area contributed by atoms with Gasteiger partial charge in [-0.2, -0.15) is 0 Å². The molecular weight excluding hydrogens is 358 g/mol. The Morgan fingerprint density at radius 1 is 1.20 bits per heavy atom. The maximum atomic E-state index is 12.2. The number of quaternary nitrogens is 1. The van der Waals surface area contributed by atoms with Gasteiger partial charge in [-0.1, -0.05) is 35.9 Å². The number of rotatable bonds is 8. The Balaban J connectivity index is 1.89. The van der Waals surface area contributed by atoms with Gasteiger partial charge in [-0.05, 0) is 31.2 Å². The third-order valence-electron chi connectivity index (χ3n) is 3.58. The number of nitrogens with two attached hydrogens (primary N) is 2. The number of carbonyl (C=O) groups excluding carboxylic acids is 2. The van der Waals surface area contributed by atoms with Crippen LogP contribution < -0.4 is 16.4 Å². The fraction of sp³-hybridized carbons (Fsp3) is 0.222. The van der Waals surface area contributed by atoms with Gasteiger partial charge in [0.25, 0.3) is 5.91 Å². The number of hydrogen-bond acceptors (Lipinski definition) is 3. The molecule has 0 aliphatic heterocycles. The lowest BCUT2D eigenvalue weighted by molar-refractivity contribution is -0.682. The van der Waals surface area contributed by atoms with Gasteiger partial charge in [-0.3, -0.25) is 9.59 Å². The van der Waals surface area contributed by atoms with Crippen LogP contribution in [0, 0.1) is 0 Å². The minimum absolute atomic E-state index is 0.104. The molecule has 0 aromatic heterocycles. The van der Waals surface area contributed by atoms with Gasteiger partial charge in [0.1, 0.15) is 6.04 Å². The molecule has 0 saturated carbocycles. The van der Waals surface area contributed by atoms with E-state index in [4.69, 9.17) is 17.3 Å². The van der Waals surface area contributed by atoms with E-state index in [2.05, 4.69) is 5.32 Å². The number of primary amides is 1. The van der Waals surface area contributed by atoms with Crippen molar-refractivity contribution in [1.29, 1.82) is 0 Å². The monoisotopic (exact) mass is 378 g/mol. The summed E-state index contributed by atoms with van der Waals surface area (Å²) >= 11 is 7.20. The Hall–Kier alpha value is -2.02. The molecule has 1 atom stereocenters. The number of carbonyl (C=O) groups is 2. The molecule has 0 unspecified atom stereocenters. The quantitative estimate of drug-likeness (QED) is 0.615. The third kappa shape index (κ3) is 6.42. The predicted molar refractivity (Wildman–Crippen MR) is 102 cm³/mol. The smallest absolute Gasteiger partial charge is 0.279 e. The molecule has 0 radical (unpaired) electrons. The minimum atomic E-state index is -0.392. The van der Waals surface area contributed by atoms with Crippen LogP contribution in [0.5, 0.6) is 0 Å². The maximum Gasteiger partial charge on any atom is 0.279 e. The highest BCUT2D eigenvalue weighted by atomic mass is 35.5. The molecule has 0 aliphatic carbocycles. The number of thioether (sulfide) groups is 1. The van der Waals surface area contributed by atoms with Crippen molar-refractivity contribution < 1.29 is 14.9 Å². The first kappa shape index (κ1) is 19.3. The van der Waals surface area contributed by atoms with E-state index in [1.54, 1.807) is 0 Å². The van der Waals surface area contributed by atoms with Gasteiger partial charge in [0.05, 0.1) is 11.4 Å². The van der Waals surface area contributed by atoms with Gasteiger partial charge in [0.2, 0.25) is 5.91 Å². The fourth-order valence-corrected chi connectivity index (χ4v) is 3.11. The van der Waals surface area contributed by atoms with E-state index in [0.717, 1.165) is 10.5 Å². The summed E-state index contributed by atoms with van der Waals surface area (Å²) in [6, 6.07) is 15.1. The van der Waals surface area contributed by atoms with Crippen molar-refractivity contribution in [1.82, 2.24) is 0 Å². The molecule has 5 N–H and O–H groups in total. The van der Waals surface area contributed by atoms with E-state index in [1.807, 2.05) is 60.8 Å². The molecule has 0 spiro atoms. The molecule has 0 fully saturated rings. The minimum Gasteiger partial charge on any atom is -0.369 e. The lowest BCUT2D eigenvalue weighted by Gasteiger charge is -2.13. The number of hydrogen-bond donors (Lipinski definition) is 3. The molecular formula is C18H21ClN3O2S+. The number of amides is 2. The molecule has 0 heterocycles. The van der Waals surface area contributed by atoms with E-state index < -0.39 is 5.91 Å². The Morgan fingerprint density at radius 3 is 2.56 bits per heavy atom. The summed E-state index contributed by atoms with van der Waals surface area (Å²) in [5, 5.41) is 5.54.